The van der Waals surface area contributed by atoms with E-state index in [1.807, 2.05) is 36.4 Å². The third-order valence-corrected chi connectivity index (χ3v) is 9.37. The normalized spacial score (nSPS) is 22.1. The number of methoxy groups -OCH3 is 1. The molecule has 1 fully saturated rings. The minimum atomic E-state index is -1.39. The Morgan fingerprint density at radius 3 is 2.21 bits per heavy atom. The Labute approximate surface area is 270 Å². The molecule has 13 nitrogen and oxygen atoms in total. The topological polar surface area (TPSA) is 174 Å². The Balaban J connectivity index is 1.39. The van der Waals surface area contributed by atoms with Crippen molar-refractivity contribution in [1.82, 2.24) is 5.43 Å². The Morgan fingerprint density at radius 2 is 1.60 bits per heavy atom. The summed E-state index contributed by atoms with van der Waals surface area (Å²) in [5.41, 5.74) is 2.77. The summed E-state index contributed by atoms with van der Waals surface area (Å²) in [5, 5.41) is 27.8. The van der Waals surface area contributed by atoms with Crippen molar-refractivity contribution in [1.29, 1.82) is 0 Å². The van der Waals surface area contributed by atoms with Gasteiger partial charge in [0.05, 0.1) is 39.8 Å². The number of rotatable bonds is 7. The molecule has 2 atom stereocenters. The number of nitro benzene ring substituents is 2. The monoisotopic (exact) mass is 651 g/mol. The number of amides is 3. The summed E-state index contributed by atoms with van der Waals surface area (Å²) >= 11 is 6.05. The molecule has 3 aliphatic carbocycles. The third kappa shape index (κ3) is 4.23. The minimum absolute atomic E-state index is 0.0663. The second-order valence-electron chi connectivity index (χ2n) is 11.3. The molecule has 1 N–H and O–H groups in total. The Kier molecular flexibility index (Phi) is 6.86. The summed E-state index contributed by atoms with van der Waals surface area (Å²) in [6, 6.07) is 21.9. The van der Waals surface area contributed by atoms with Gasteiger partial charge in [-0.15, -0.1) is 0 Å². The molecule has 8 rings (SSSR count). The number of nitrogens with one attached hydrogen (secondary N) is 1. The number of ether oxygens (including phenoxy) is 1. The number of nitro groups is 2. The van der Waals surface area contributed by atoms with E-state index in [4.69, 9.17) is 16.3 Å². The van der Waals surface area contributed by atoms with Crippen molar-refractivity contribution in [3.8, 4) is 5.75 Å². The van der Waals surface area contributed by atoms with Crippen LogP contribution in [0.25, 0.3) is 0 Å². The van der Waals surface area contributed by atoms with Gasteiger partial charge >= 0.3 is 0 Å². The van der Waals surface area contributed by atoms with E-state index in [-0.39, 0.29) is 27.7 Å². The number of carbonyl (C=O) groups excluding carboxylic acids is 3. The van der Waals surface area contributed by atoms with Gasteiger partial charge in [0.25, 0.3) is 17.3 Å². The maximum Gasteiger partial charge on any atom is 0.294 e. The van der Waals surface area contributed by atoms with Gasteiger partial charge in [-0.3, -0.25) is 34.6 Å². The summed E-state index contributed by atoms with van der Waals surface area (Å²) in [6.07, 6.45) is 1.41. The van der Waals surface area contributed by atoms with Crippen molar-refractivity contribution in [2.75, 3.05) is 12.0 Å². The lowest BCUT2D eigenvalue weighted by Crippen LogP contribution is -2.54. The molecule has 1 saturated heterocycles. The lowest BCUT2D eigenvalue weighted by atomic mass is 9.47. The second kappa shape index (κ2) is 10.8. The number of benzene rings is 4. The van der Waals surface area contributed by atoms with Crippen molar-refractivity contribution < 1.29 is 29.0 Å². The first-order valence-electron chi connectivity index (χ1n) is 14.3. The highest BCUT2D eigenvalue weighted by atomic mass is 35.5. The smallest absolute Gasteiger partial charge is 0.294 e. The van der Waals surface area contributed by atoms with E-state index in [1.165, 1.54) is 37.6 Å². The average molecular weight is 652 g/mol. The zero-order valence-corrected chi connectivity index (χ0v) is 25.1. The van der Waals surface area contributed by atoms with E-state index in [9.17, 15) is 34.6 Å². The van der Waals surface area contributed by atoms with Crippen LogP contribution in [0, 0.1) is 32.1 Å². The number of anilines is 1. The summed E-state index contributed by atoms with van der Waals surface area (Å²) in [7, 11) is 1.31. The molecule has 3 amide bonds. The van der Waals surface area contributed by atoms with E-state index in [2.05, 4.69) is 10.5 Å². The molecule has 4 aromatic carbocycles. The van der Waals surface area contributed by atoms with Crippen molar-refractivity contribution in [3.63, 3.8) is 0 Å². The van der Waals surface area contributed by atoms with E-state index in [0.29, 0.717) is 11.1 Å². The van der Waals surface area contributed by atoms with Crippen molar-refractivity contribution in [2.45, 2.75) is 11.3 Å². The summed E-state index contributed by atoms with van der Waals surface area (Å²) in [4.78, 5) is 65.1. The van der Waals surface area contributed by atoms with E-state index in [0.717, 1.165) is 28.2 Å². The molecular formula is C33H22ClN5O8. The fraction of sp³-hybridized carbons (Fsp3) is 0.152. The molecule has 0 aromatic heterocycles. The summed E-state index contributed by atoms with van der Waals surface area (Å²) in [5.74, 6) is -4.60. The first kappa shape index (κ1) is 29.7. The molecular weight excluding hydrogens is 630 g/mol. The van der Waals surface area contributed by atoms with Crippen LogP contribution in [0.4, 0.5) is 17.1 Å². The average Bonchev–Trinajstić information content (AvgIpc) is 3.34. The maximum absolute atomic E-state index is 14.5. The van der Waals surface area contributed by atoms with Crippen molar-refractivity contribution in [3.05, 3.63) is 138 Å². The predicted molar refractivity (Wildman–Crippen MR) is 169 cm³/mol. The number of halogens is 1. The zero-order chi connectivity index (χ0) is 33.2. The Hall–Kier alpha value is -5.95. The number of non-ortho nitro benzene ring substituents is 1. The van der Waals surface area contributed by atoms with Crippen LogP contribution in [0.5, 0.6) is 5.75 Å². The Morgan fingerprint density at radius 1 is 0.936 bits per heavy atom. The van der Waals surface area contributed by atoms with Crippen LogP contribution in [0.2, 0.25) is 5.02 Å². The lowest BCUT2D eigenvalue weighted by Gasteiger charge is -2.52. The first-order valence-corrected chi connectivity index (χ1v) is 14.7. The van der Waals surface area contributed by atoms with Crippen LogP contribution in [0.15, 0.2) is 90.0 Å². The molecule has 0 radical (unpaired) electrons. The van der Waals surface area contributed by atoms with Gasteiger partial charge in [-0.25, -0.2) is 10.3 Å². The van der Waals surface area contributed by atoms with Crippen LogP contribution >= 0.6 is 11.6 Å². The van der Waals surface area contributed by atoms with Gasteiger partial charge in [0.1, 0.15) is 11.4 Å². The molecule has 1 aliphatic heterocycles. The summed E-state index contributed by atoms with van der Waals surface area (Å²) in [6.45, 7) is 0. The molecule has 14 heteroatoms. The molecule has 234 valence electrons. The number of carbonyl (C=O) groups is 3. The van der Waals surface area contributed by atoms with Gasteiger partial charge in [-0.05, 0) is 40.5 Å². The first-order chi connectivity index (χ1) is 22.6. The molecule has 0 unspecified atom stereocenters. The van der Waals surface area contributed by atoms with Crippen molar-refractivity contribution >= 4 is 52.6 Å². The van der Waals surface area contributed by atoms with Gasteiger partial charge in [0.15, 0.2) is 0 Å². The van der Waals surface area contributed by atoms with Crippen LogP contribution in [-0.4, -0.2) is 40.9 Å². The highest BCUT2D eigenvalue weighted by Gasteiger charge is 2.68. The largest absolute Gasteiger partial charge is 0.496 e. The molecule has 2 bridgehead atoms. The fourth-order valence-electron chi connectivity index (χ4n) is 7.36. The molecule has 4 aliphatic rings. The molecule has 4 aromatic rings. The standard InChI is InChI=1S/C33H22ClN5O8/c1-47-26-13-11-18(38(43)44)15-21(26)30(40)36-35-16-33-22-8-4-2-6-19(22)27(20-7-3-5-9-23(20)33)28-29(33)32(42)37(31(28)41)24-12-10-17(34)14-25(24)39(45)46/h2-16,27-29H,1H3,(H,36,40)/b35-16-/t27?,28-,29+,33?/m1/s1. The SMILES string of the molecule is COc1ccc([N+](=O)[O-])cc1C(=O)N/N=C\C12c3ccccc3C(c3ccccc31)[C@H]1C(=O)N(c3ccc(Cl)cc3[N+](=O)[O-])C(=O)[C@H]12. The van der Waals surface area contributed by atoms with Crippen LogP contribution in [-0.2, 0) is 15.0 Å². The van der Waals surface area contributed by atoms with Gasteiger partial charge in [0, 0.05) is 35.4 Å². The van der Waals surface area contributed by atoms with E-state index in [1.54, 1.807) is 12.1 Å². The van der Waals surface area contributed by atoms with Gasteiger partial charge in [-0.1, -0.05) is 60.1 Å². The van der Waals surface area contributed by atoms with Crippen LogP contribution in [0.1, 0.15) is 38.5 Å². The minimum Gasteiger partial charge on any atom is -0.496 e. The third-order valence-electron chi connectivity index (χ3n) is 9.13. The predicted octanol–water partition coefficient (Wildman–Crippen LogP) is 5.13. The van der Waals surface area contributed by atoms with Crippen molar-refractivity contribution in [2.24, 2.45) is 16.9 Å². The highest BCUT2D eigenvalue weighted by molar-refractivity contribution is 6.31. The molecule has 0 saturated carbocycles. The van der Waals surface area contributed by atoms with Gasteiger partial charge < -0.3 is 4.74 Å². The van der Waals surface area contributed by atoms with Crippen LogP contribution in [0.3, 0.4) is 0 Å². The lowest BCUT2D eigenvalue weighted by molar-refractivity contribution is -0.384. The van der Waals surface area contributed by atoms with E-state index < -0.39 is 56.4 Å². The zero-order valence-electron chi connectivity index (χ0n) is 24.3. The summed E-state index contributed by atoms with van der Waals surface area (Å²) < 4.78 is 5.23. The van der Waals surface area contributed by atoms with E-state index >= 15 is 0 Å². The molecule has 47 heavy (non-hydrogen) atoms. The Bertz CT molecular complexity index is 2050. The number of imide groups is 1. The molecule has 0 spiro atoms. The molecule has 1 heterocycles. The fourth-order valence-corrected chi connectivity index (χ4v) is 7.53. The second-order valence-corrected chi connectivity index (χ2v) is 11.7. The maximum atomic E-state index is 14.5. The van der Waals surface area contributed by atoms with Crippen LogP contribution < -0.4 is 15.1 Å². The number of hydrogen-bond donors (Lipinski definition) is 1. The highest BCUT2D eigenvalue weighted by Crippen LogP contribution is 2.64. The number of nitrogens with zero attached hydrogens (tertiary/aromatic N) is 4. The quantitative estimate of drug-likeness (QED) is 0.124. The van der Waals surface area contributed by atoms with Gasteiger partial charge in [-0.2, -0.15) is 5.10 Å². The van der Waals surface area contributed by atoms with Gasteiger partial charge in [0.2, 0.25) is 11.8 Å². The number of hydrogen-bond acceptors (Lipinski definition) is 9. The number of hydrazone groups is 1.